The van der Waals surface area contributed by atoms with Crippen molar-refractivity contribution in [1.29, 1.82) is 0 Å². The number of carbonyl (C=O) groups is 1. The van der Waals surface area contributed by atoms with Gasteiger partial charge in [-0.3, -0.25) is 4.79 Å². The van der Waals surface area contributed by atoms with E-state index in [-0.39, 0.29) is 37.4 Å². The van der Waals surface area contributed by atoms with E-state index >= 15 is 0 Å². The normalized spacial score (nSPS) is 12.4. The topological polar surface area (TPSA) is 75.7 Å². The number of benzene rings is 1. The molecule has 1 aromatic rings. The third-order valence-electron chi connectivity index (χ3n) is 3.23. The van der Waals surface area contributed by atoms with Crippen molar-refractivity contribution < 1.29 is 35.5 Å². The van der Waals surface area contributed by atoms with Gasteiger partial charge in [0, 0.05) is 26.6 Å². The second-order valence-electron chi connectivity index (χ2n) is 5.40. The van der Waals surface area contributed by atoms with Crippen LogP contribution in [0.5, 0.6) is 0 Å². The Labute approximate surface area is 149 Å². The molecule has 0 aromatic heterocycles. The number of rotatable bonds is 10. The first-order valence-electron chi connectivity index (χ1n) is 7.65. The van der Waals surface area contributed by atoms with E-state index in [4.69, 9.17) is 0 Å². The largest absolute Gasteiger partial charge is 0.411 e. The first kappa shape index (κ1) is 22.3. The summed E-state index contributed by atoms with van der Waals surface area (Å²) in [5, 5.41) is 2.38. The maximum Gasteiger partial charge on any atom is 0.411 e. The Morgan fingerprint density at radius 3 is 2.42 bits per heavy atom. The van der Waals surface area contributed by atoms with Gasteiger partial charge in [-0.05, 0) is 30.7 Å². The predicted molar refractivity (Wildman–Crippen MR) is 85.3 cm³/mol. The van der Waals surface area contributed by atoms with Gasteiger partial charge in [0.2, 0.25) is 15.9 Å². The van der Waals surface area contributed by atoms with Crippen molar-refractivity contribution in [2.45, 2.75) is 23.9 Å². The average molecular weight is 400 g/mol. The fourth-order valence-corrected chi connectivity index (χ4v) is 3.12. The lowest BCUT2D eigenvalue weighted by molar-refractivity contribution is -0.173. The number of nitrogens with one attached hydrogen (secondary N) is 1. The van der Waals surface area contributed by atoms with Gasteiger partial charge in [0.15, 0.2) is 0 Å². The molecule has 0 radical (unpaired) electrons. The third-order valence-corrected chi connectivity index (χ3v) is 5.10. The second kappa shape index (κ2) is 9.83. The quantitative estimate of drug-likeness (QED) is 0.481. The van der Waals surface area contributed by atoms with Gasteiger partial charge in [-0.15, -0.1) is 0 Å². The minimum absolute atomic E-state index is 0.00253. The van der Waals surface area contributed by atoms with E-state index in [0.717, 1.165) is 28.6 Å². The van der Waals surface area contributed by atoms with Gasteiger partial charge in [0.05, 0.1) is 11.5 Å². The molecule has 0 saturated heterocycles. The summed E-state index contributed by atoms with van der Waals surface area (Å²) in [4.78, 5) is 11.5. The average Bonchev–Trinajstić information content (AvgIpc) is 2.53. The van der Waals surface area contributed by atoms with Crippen molar-refractivity contribution in [2.24, 2.45) is 0 Å². The van der Waals surface area contributed by atoms with Crippen LogP contribution < -0.4 is 5.32 Å². The molecule has 1 rings (SSSR count). The van der Waals surface area contributed by atoms with Crippen LogP contribution in [0.1, 0.15) is 12.8 Å². The Kier molecular flexibility index (Phi) is 8.44. The van der Waals surface area contributed by atoms with Gasteiger partial charge in [0.1, 0.15) is 12.4 Å². The van der Waals surface area contributed by atoms with E-state index < -0.39 is 34.5 Å². The molecule has 0 aliphatic rings. The molecule has 0 heterocycles. The summed E-state index contributed by atoms with van der Waals surface area (Å²) in [6, 6.07) is 4.37. The zero-order valence-corrected chi connectivity index (χ0v) is 14.9. The number of nitrogens with zero attached hydrogens (tertiary/aromatic N) is 1. The Morgan fingerprint density at radius 2 is 1.85 bits per heavy atom. The number of alkyl halides is 3. The lowest BCUT2D eigenvalue weighted by atomic mass is 10.3. The smallest absolute Gasteiger partial charge is 0.370 e. The molecule has 11 heteroatoms. The lowest BCUT2D eigenvalue weighted by Crippen LogP contribution is -2.31. The van der Waals surface area contributed by atoms with Crippen LogP contribution in [0.3, 0.4) is 0 Å². The van der Waals surface area contributed by atoms with E-state index in [0.29, 0.717) is 0 Å². The van der Waals surface area contributed by atoms with Crippen LogP contribution in [-0.4, -0.2) is 58.2 Å². The molecule has 0 saturated carbocycles. The molecule has 6 nitrogen and oxygen atoms in total. The Hall–Kier alpha value is -1.72. The highest BCUT2D eigenvalue weighted by molar-refractivity contribution is 7.89. The summed E-state index contributed by atoms with van der Waals surface area (Å²) < 4.78 is 78.2. The number of hydrogen-bond donors (Lipinski definition) is 1. The highest BCUT2D eigenvalue weighted by Gasteiger charge is 2.27. The van der Waals surface area contributed by atoms with Crippen molar-refractivity contribution in [3.05, 3.63) is 30.1 Å². The SMILES string of the molecule is CN(CCCC(=O)NCCOCC(F)(F)F)S(=O)(=O)c1ccc(F)cc1. The Balaban J connectivity index is 2.29. The fraction of sp³-hybridized carbons (Fsp3) is 0.533. The summed E-state index contributed by atoms with van der Waals surface area (Å²) in [6.45, 7) is -1.67. The molecule has 26 heavy (non-hydrogen) atoms. The van der Waals surface area contributed by atoms with Gasteiger partial charge in [0.25, 0.3) is 0 Å². The molecule has 0 unspecified atom stereocenters. The number of halogens is 4. The number of sulfonamides is 1. The van der Waals surface area contributed by atoms with E-state index in [9.17, 15) is 30.8 Å². The number of ether oxygens (including phenoxy) is 1. The number of amides is 1. The first-order chi connectivity index (χ1) is 12.0. The van der Waals surface area contributed by atoms with E-state index in [2.05, 4.69) is 10.1 Å². The van der Waals surface area contributed by atoms with E-state index in [1.807, 2.05) is 0 Å². The van der Waals surface area contributed by atoms with Gasteiger partial charge in [-0.2, -0.15) is 13.2 Å². The van der Waals surface area contributed by atoms with Crippen LogP contribution >= 0.6 is 0 Å². The molecule has 0 aliphatic carbocycles. The maximum absolute atomic E-state index is 12.9. The van der Waals surface area contributed by atoms with Crippen LogP contribution in [0, 0.1) is 5.82 Å². The van der Waals surface area contributed by atoms with Gasteiger partial charge < -0.3 is 10.1 Å². The van der Waals surface area contributed by atoms with E-state index in [1.54, 1.807) is 0 Å². The highest BCUT2D eigenvalue weighted by Crippen LogP contribution is 2.15. The Bertz CT molecular complexity index is 678. The van der Waals surface area contributed by atoms with Crippen LogP contribution in [0.2, 0.25) is 0 Å². The van der Waals surface area contributed by atoms with Gasteiger partial charge in [-0.1, -0.05) is 0 Å². The van der Waals surface area contributed by atoms with Crippen molar-refractivity contribution in [2.75, 3.05) is 33.4 Å². The summed E-state index contributed by atoms with van der Waals surface area (Å²) in [5.41, 5.74) is 0. The second-order valence-corrected chi connectivity index (χ2v) is 7.45. The van der Waals surface area contributed by atoms with Crippen molar-refractivity contribution >= 4 is 15.9 Å². The van der Waals surface area contributed by atoms with Crippen molar-refractivity contribution in [3.8, 4) is 0 Å². The molecule has 1 N–H and O–H groups in total. The zero-order chi connectivity index (χ0) is 19.8. The van der Waals surface area contributed by atoms with Crippen LogP contribution in [0.25, 0.3) is 0 Å². The molecule has 0 aliphatic heterocycles. The van der Waals surface area contributed by atoms with Crippen LogP contribution in [0.4, 0.5) is 17.6 Å². The minimum Gasteiger partial charge on any atom is -0.370 e. The summed E-state index contributed by atoms with van der Waals surface area (Å²) in [5.74, 6) is -0.976. The monoisotopic (exact) mass is 400 g/mol. The molecule has 0 atom stereocenters. The van der Waals surface area contributed by atoms with Crippen LogP contribution in [0.15, 0.2) is 29.2 Å². The van der Waals surface area contributed by atoms with Crippen LogP contribution in [-0.2, 0) is 19.6 Å². The standard InChI is InChI=1S/C15H20F4N2O4S/c1-21(26(23,24)13-6-4-12(16)5-7-13)9-2-3-14(22)20-8-10-25-11-15(17,18)19/h4-7H,2-3,8-11H2,1H3,(H,20,22). The first-order valence-corrected chi connectivity index (χ1v) is 9.09. The molecular formula is C15H20F4N2O4S. The minimum atomic E-state index is -4.41. The predicted octanol–water partition coefficient (Wildman–Crippen LogP) is 1.92. The Morgan fingerprint density at radius 1 is 1.23 bits per heavy atom. The summed E-state index contributed by atoms with van der Waals surface area (Å²) in [6.07, 6.45) is -4.20. The number of hydrogen-bond acceptors (Lipinski definition) is 4. The summed E-state index contributed by atoms with van der Waals surface area (Å²) >= 11 is 0. The van der Waals surface area contributed by atoms with E-state index in [1.165, 1.54) is 7.05 Å². The third kappa shape index (κ3) is 8.11. The maximum atomic E-state index is 12.9. The molecule has 0 fully saturated rings. The molecule has 0 bridgehead atoms. The lowest BCUT2D eigenvalue weighted by Gasteiger charge is -2.17. The fourth-order valence-electron chi connectivity index (χ4n) is 1.91. The van der Waals surface area contributed by atoms with Crippen molar-refractivity contribution in [1.82, 2.24) is 9.62 Å². The van der Waals surface area contributed by atoms with Gasteiger partial charge in [-0.25, -0.2) is 17.1 Å². The molecule has 1 amide bonds. The molecular weight excluding hydrogens is 380 g/mol. The number of carbonyl (C=O) groups excluding carboxylic acids is 1. The van der Waals surface area contributed by atoms with Gasteiger partial charge >= 0.3 is 6.18 Å². The zero-order valence-electron chi connectivity index (χ0n) is 14.1. The molecule has 1 aromatic carbocycles. The summed E-state index contributed by atoms with van der Waals surface area (Å²) in [7, 11) is -2.45. The molecule has 0 spiro atoms. The van der Waals surface area contributed by atoms with Crippen molar-refractivity contribution in [3.63, 3.8) is 0 Å². The highest BCUT2D eigenvalue weighted by atomic mass is 32.2. The molecule has 148 valence electrons.